The van der Waals surface area contributed by atoms with Gasteiger partial charge >= 0.3 is 5.97 Å². The lowest BCUT2D eigenvalue weighted by Crippen LogP contribution is -2.60. The molecule has 0 radical (unpaired) electrons. The number of hydrogen-bond acceptors (Lipinski definition) is 7. The molecule has 1 unspecified atom stereocenters. The second-order valence-corrected chi connectivity index (χ2v) is 14.3. The van der Waals surface area contributed by atoms with Gasteiger partial charge in [-0.3, -0.25) is 19.2 Å². The van der Waals surface area contributed by atoms with Crippen molar-refractivity contribution >= 4 is 39.6 Å². The SMILES string of the molecule is C=CCCC(=O)NC[C@H](OC(=O)[C@@H]1[C@H]2O[C@@]3(CC2Br)[C@H](C(=O)N(CC=C)CCCCC)N([C@@H](CO)C(C)C)C(=O)[C@@H]13)c1ccccc1. The van der Waals surface area contributed by atoms with E-state index in [0.29, 0.717) is 31.5 Å². The van der Waals surface area contributed by atoms with Crippen molar-refractivity contribution in [2.45, 2.75) is 94.0 Å². The van der Waals surface area contributed by atoms with Crippen LogP contribution in [0.3, 0.4) is 0 Å². The number of esters is 1. The summed E-state index contributed by atoms with van der Waals surface area (Å²) in [7, 11) is 0. The Morgan fingerprint density at radius 2 is 1.94 bits per heavy atom. The van der Waals surface area contributed by atoms with Crippen molar-refractivity contribution in [2.75, 3.05) is 26.2 Å². The lowest BCUT2D eigenvalue weighted by molar-refractivity contribution is -0.161. The zero-order valence-corrected chi connectivity index (χ0v) is 29.4. The first-order chi connectivity index (χ1) is 22.6. The summed E-state index contributed by atoms with van der Waals surface area (Å²) < 4.78 is 12.8. The fourth-order valence-corrected chi connectivity index (χ4v) is 8.35. The van der Waals surface area contributed by atoms with Gasteiger partial charge < -0.3 is 29.7 Å². The summed E-state index contributed by atoms with van der Waals surface area (Å²) in [5, 5.41) is 13.4. The molecule has 2 bridgehead atoms. The van der Waals surface area contributed by atoms with Crippen LogP contribution in [0.4, 0.5) is 0 Å². The van der Waals surface area contributed by atoms with Crippen LogP contribution in [0, 0.1) is 17.8 Å². The third kappa shape index (κ3) is 7.52. The summed E-state index contributed by atoms with van der Waals surface area (Å²) in [4.78, 5) is 58.8. The van der Waals surface area contributed by atoms with Crippen molar-refractivity contribution in [3.8, 4) is 0 Å². The van der Waals surface area contributed by atoms with Crippen LogP contribution in [-0.2, 0) is 28.7 Å². The molecule has 1 aromatic rings. The minimum Gasteiger partial charge on any atom is -0.455 e. The van der Waals surface area contributed by atoms with E-state index in [2.05, 4.69) is 41.3 Å². The number of allylic oxidation sites excluding steroid dienone is 1. The Labute approximate surface area is 287 Å². The maximum Gasteiger partial charge on any atom is 0.313 e. The minimum atomic E-state index is -1.29. The summed E-state index contributed by atoms with van der Waals surface area (Å²) in [5.74, 6) is -3.62. The van der Waals surface area contributed by atoms with E-state index in [0.717, 1.165) is 19.3 Å². The standard InChI is InChI=1S/C36H50BrN3O7/c1-6-9-14-19-39(18-8-3)34(44)32-36-20-25(37)31(47-36)29(30(36)33(43)40(32)26(22-41)23(4)5)35(45)46-27(24-15-12-11-13-16-24)21-38-28(42)17-10-7-2/h7-8,11-13,15-16,23,25-27,29-32,41H,2-3,6,9-10,14,17-22H2,1,4-5H3,(H,38,42)/t25?,26-,27-,29-,30+,31-,32-,36+/m0/s1. The van der Waals surface area contributed by atoms with Crippen LogP contribution < -0.4 is 5.32 Å². The van der Waals surface area contributed by atoms with Crippen LogP contribution in [0.5, 0.6) is 0 Å². The molecule has 8 atom stereocenters. The quantitative estimate of drug-likeness (QED) is 0.100. The highest BCUT2D eigenvalue weighted by Gasteiger charge is 2.77. The Morgan fingerprint density at radius 3 is 2.55 bits per heavy atom. The van der Waals surface area contributed by atoms with Gasteiger partial charge in [0.2, 0.25) is 17.7 Å². The number of likely N-dealkylation sites (tertiary alicyclic amines) is 1. The Bertz CT molecular complexity index is 1290. The zero-order valence-electron chi connectivity index (χ0n) is 27.8. The van der Waals surface area contributed by atoms with Gasteiger partial charge in [-0.1, -0.05) is 92.0 Å². The number of nitrogens with zero attached hydrogens (tertiary/aromatic N) is 2. The monoisotopic (exact) mass is 715 g/mol. The number of fused-ring (bicyclic) bond motifs is 1. The van der Waals surface area contributed by atoms with Gasteiger partial charge in [0.25, 0.3) is 0 Å². The maximum atomic E-state index is 14.6. The Balaban J connectivity index is 1.70. The molecule has 47 heavy (non-hydrogen) atoms. The van der Waals surface area contributed by atoms with Gasteiger partial charge in [-0.2, -0.15) is 0 Å². The molecule has 10 nitrogen and oxygen atoms in total. The van der Waals surface area contributed by atoms with E-state index in [1.54, 1.807) is 17.1 Å². The number of rotatable bonds is 18. The van der Waals surface area contributed by atoms with Crippen molar-refractivity contribution < 1.29 is 33.8 Å². The van der Waals surface area contributed by atoms with Crippen LogP contribution in [0.25, 0.3) is 0 Å². The molecule has 2 N–H and O–H groups in total. The van der Waals surface area contributed by atoms with E-state index in [1.807, 2.05) is 44.2 Å². The fraction of sp³-hybridized carbons (Fsp3) is 0.611. The van der Waals surface area contributed by atoms with Crippen molar-refractivity contribution in [3.63, 3.8) is 0 Å². The summed E-state index contributed by atoms with van der Waals surface area (Å²) in [6.45, 7) is 13.9. The molecule has 11 heteroatoms. The molecule has 3 fully saturated rings. The molecule has 1 aromatic carbocycles. The summed E-state index contributed by atoms with van der Waals surface area (Å²) in [5.41, 5.74) is -0.594. The number of aliphatic hydroxyl groups excluding tert-OH is 1. The second-order valence-electron chi connectivity index (χ2n) is 13.2. The molecular weight excluding hydrogens is 666 g/mol. The van der Waals surface area contributed by atoms with E-state index in [-0.39, 0.29) is 48.0 Å². The van der Waals surface area contributed by atoms with E-state index < -0.39 is 47.7 Å². The lowest BCUT2D eigenvalue weighted by Gasteiger charge is -2.40. The molecule has 3 aliphatic heterocycles. The Kier molecular flexibility index (Phi) is 12.8. The van der Waals surface area contributed by atoms with Crippen LogP contribution in [0.15, 0.2) is 55.6 Å². The fourth-order valence-electron chi connectivity index (χ4n) is 7.41. The Morgan fingerprint density at radius 1 is 1.21 bits per heavy atom. The van der Waals surface area contributed by atoms with Crippen molar-refractivity contribution in [1.29, 1.82) is 0 Å². The first-order valence-corrected chi connectivity index (χ1v) is 17.7. The van der Waals surface area contributed by atoms with Crippen molar-refractivity contribution in [2.24, 2.45) is 17.8 Å². The lowest BCUT2D eigenvalue weighted by atomic mass is 9.70. The zero-order chi connectivity index (χ0) is 34.3. The molecule has 3 aliphatic rings. The van der Waals surface area contributed by atoms with Gasteiger partial charge in [0.15, 0.2) is 0 Å². The smallest absolute Gasteiger partial charge is 0.313 e. The average molecular weight is 717 g/mol. The molecule has 0 aromatic heterocycles. The predicted octanol–water partition coefficient (Wildman–Crippen LogP) is 4.32. The summed E-state index contributed by atoms with van der Waals surface area (Å²) in [6, 6.07) is 7.44. The minimum absolute atomic E-state index is 0.0485. The molecule has 4 rings (SSSR count). The number of benzene rings is 1. The molecule has 258 valence electrons. The third-order valence-electron chi connectivity index (χ3n) is 9.73. The number of unbranched alkanes of at least 4 members (excludes halogenated alkanes) is 2. The largest absolute Gasteiger partial charge is 0.455 e. The number of aliphatic hydroxyl groups is 1. The average Bonchev–Trinajstić information content (AvgIpc) is 3.65. The van der Waals surface area contributed by atoms with Crippen LogP contribution >= 0.6 is 15.9 Å². The van der Waals surface area contributed by atoms with E-state index in [4.69, 9.17) is 9.47 Å². The predicted molar refractivity (Wildman–Crippen MR) is 182 cm³/mol. The van der Waals surface area contributed by atoms with Crippen LogP contribution in [0.2, 0.25) is 0 Å². The third-order valence-corrected chi connectivity index (χ3v) is 10.6. The normalized spacial score (nSPS) is 27.3. The molecule has 1 spiro atoms. The Hall–Kier alpha value is -3.02. The highest BCUT2D eigenvalue weighted by molar-refractivity contribution is 9.09. The van der Waals surface area contributed by atoms with E-state index in [9.17, 15) is 24.3 Å². The van der Waals surface area contributed by atoms with Gasteiger partial charge in [0.1, 0.15) is 17.7 Å². The molecule has 0 saturated carbocycles. The van der Waals surface area contributed by atoms with Crippen LogP contribution in [0.1, 0.15) is 71.0 Å². The molecular formula is C36H50BrN3O7. The number of carbonyl (C=O) groups is 4. The first-order valence-electron chi connectivity index (χ1n) is 16.8. The second kappa shape index (κ2) is 16.4. The number of alkyl halides is 1. The van der Waals surface area contributed by atoms with Gasteiger partial charge in [-0.05, 0) is 30.7 Å². The highest BCUT2D eigenvalue weighted by Crippen LogP contribution is 2.61. The number of carbonyl (C=O) groups excluding carboxylic acids is 4. The number of hydrogen-bond donors (Lipinski definition) is 2. The van der Waals surface area contributed by atoms with Crippen molar-refractivity contribution in [1.82, 2.24) is 15.1 Å². The molecule has 3 saturated heterocycles. The molecule has 0 aliphatic carbocycles. The van der Waals surface area contributed by atoms with Gasteiger partial charge in [-0.25, -0.2) is 0 Å². The number of ether oxygens (including phenoxy) is 2. The summed E-state index contributed by atoms with van der Waals surface area (Å²) >= 11 is 3.72. The first kappa shape index (κ1) is 36.8. The highest BCUT2D eigenvalue weighted by atomic mass is 79.9. The molecule has 3 amide bonds. The summed E-state index contributed by atoms with van der Waals surface area (Å²) in [6.07, 6.45) is 5.68. The van der Waals surface area contributed by atoms with E-state index in [1.165, 1.54) is 4.90 Å². The number of halogens is 1. The van der Waals surface area contributed by atoms with Gasteiger partial charge in [0, 0.05) is 24.3 Å². The van der Waals surface area contributed by atoms with Crippen LogP contribution in [-0.4, -0.2) is 93.5 Å². The maximum absolute atomic E-state index is 14.6. The number of amides is 3. The van der Waals surface area contributed by atoms with Gasteiger partial charge in [-0.15, -0.1) is 13.2 Å². The van der Waals surface area contributed by atoms with Gasteiger partial charge in [0.05, 0.1) is 37.1 Å². The topological polar surface area (TPSA) is 125 Å². The van der Waals surface area contributed by atoms with Crippen molar-refractivity contribution in [3.05, 3.63) is 61.2 Å². The number of nitrogens with one attached hydrogen (secondary N) is 1. The van der Waals surface area contributed by atoms with E-state index >= 15 is 0 Å². The molecule has 3 heterocycles.